The van der Waals surface area contributed by atoms with Gasteiger partial charge < -0.3 is 15.0 Å². The van der Waals surface area contributed by atoms with Gasteiger partial charge in [0.05, 0.1) is 0 Å². The van der Waals surface area contributed by atoms with Gasteiger partial charge in [-0.3, -0.25) is 9.59 Å². The number of amides is 2. The Bertz CT molecular complexity index is 465. The third-order valence-corrected chi connectivity index (χ3v) is 2.88. The molecule has 1 N–H and O–H groups in total. The summed E-state index contributed by atoms with van der Waals surface area (Å²) in [5.41, 5.74) is 0.608. The number of hydrogen-bond acceptors (Lipinski definition) is 3. The SMILES string of the molecule is COCCCNC(=O)CN(C(C)=O)c1cccc(Cl)c1. The summed E-state index contributed by atoms with van der Waals surface area (Å²) in [5.74, 6) is -0.421. The summed E-state index contributed by atoms with van der Waals surface area (Å²) in [7, 11) is 1.61. The summed E-state index contributed by atoms with van der Waals surface area (Å²) in [5, 5.41) is 3.26. The molecule has 5 nitrogen and oxygen atoms in total. The standard InChI is InChI=1S/C14H19ClN2O3/c1-11(18)17(13-6-3-5-12(15)9-13)10-14(19)16-7-4-8-20-2/h3,5-6,9H,4,7-8,10H2,1-2H3,(H,16,19). The number of hydrogen-bond donors (Lipinski definition) is 1. The lowest BCUT2D eigenvalue weighted by Crippen LogP contribution is -2.40. The molecule has 2 amide bonds. The third-order valence-electron chi connectivity index (χ3n) is 2.65. The van der Waals surface area contributed by atoms with Crippen LogP contribution in [0.4, 0.5) is 5.69 Å². The lowest BCUT2D eigenvalue weighted by molar-refractivity contribution is -0.123. The minimum Gasteiger partial charge on any atom is -0.385 e. The van der Waals surface area contributed by atoms with Crippen LogP contribution in [0.1, 0.15) is 13.3 Å². The van der Waals surface area contributed by atoms with E-state index in [4.69, 9.17) is 16.3 Å². The Morgan fingerprint density at radius 3 is 2.75 bits per heavy atom. The maximum absolute atomic E-state index is 11.8. The monoisotopic (exact) mass is 298 g/mol. The number of nitrogens with one attached hydrogen (secondary N) is 1. The van der Waals surface area contributed by atoms with Crippen molar-refractivity contribution in [2.75, 3.05) is 31.7 Å². The lowest BCUT2D eigenvalue weighted by Gasteiger charge is -2.20. The molecule has 0 bridgehead atoms. The van der Waals surface area contributed by atoms with Gasteiger partial charge in [-0.15, -0.1) is 0 Å². The number of nitrogens with zero attached hydrogens (tertiary/aromatic N) is 1. The van der Waals surface area contributed by atoms with Gasteiger partial charge >= 0.3 is 0 Å². The van der Waals surface area contributed by atoms with Crippen LogP contribution in [0.2, 0.25) is 5.02 Å². The van der Waals surface area contributed by atoms with Crippen LogP contribution in [0, 0.1) is 0 Å². The molecule has 0 aliphatic carbocycles. The molecule has 1 aromatic rings. The summed E-state index contributed by atoms with van der Waals surface area (Å²) in [4.78, 5) is 24.8. The van der Waals surface area contributed by atoms with Crippen molar-refractivity contribution >= 4 is 29.1 Å². The van der Waals surface area contributed by atoms with Crippen LogP contribution in [-0.2, 0) is 14.3 Å². The van der Waals surface area contributed by atoms with Gasteiger partial charge in [0, 0.05) is 37.9 Å². The van der Waals surface area contributed by atoms with E-state index in [1.54, 1.807) is 31.4 Å². The van der Waals surface area contributed by atoms with E-state index in [0.29, 0.717) is 23.9 Å². The largest absolute Gasteiger partial charge is 0.385 e. The molecule has 0 atom stereocenters. The van der Waals surface area contributed by atoms with E-state index in [2.05, 4.69) is 5.32 Å². The average molecular weight is 299 g/mol. The number of methoxy groups -OCH3 is 1. The first kappa shape index (κ1) is 16.5. The summed E-state index contributed by atoms with van der Waals surface area (Å²) in [6, 6.07) is 6.85. The molecule has 0 saturated heterocycles. The molecule has 0 radical (unpaired) electrons. The van der Waals surface area contributed by atoms with Crippen molar-refractivity contribution in [2.45, 2.75) is 13.3 Å². The zero-order valence-electron chi connectivity index (χ0n) is 11.7. The fourth-order valence-electron chi connectivity index (χ4n) is 1.67. The summed E-state index contributed by atoms with van der Waals surface area (Å²) < 4.78 is 4.89. The predicted octanol–water partition coefficient (Wildman–Crippen LogP) is 1.85. The van der Waals surface area contributed by atoms with Crippen molar-refractivity contribution in [3.05, 3.63) is 29.3 Å². The lowest BCUT2D eigenvalue weighted by atomic mass is 10.2. The van der Waals surface area contributed by atoms with Crippen LogP contribution >= 0.6 is 11.6 Å². The quantitative estimate of drug-likeness (QED) is 0.782. The molecule has 6 heteroatoms. The van der Waals surface area contributed by atoms with E-state index in [9.17, 15) is 9.59 Å². The number of rotatable bonds is 7. The first-order chi connectivity index (χ1) is 9.54. The van der Waals surface area contributed by atoms with Crippen molar-refractivity contribution in [3.63, 3.8) is 0 Å². The fraction of sp³-hybridized carbons (Fsp3) is 0.429. The third kappa shape index (κ3) is 5.59. The van der Waals surface area contributed by atoms with Crippen LogP contribution in [0.5, 0.6) is 0 Å². The van der Waals surface area contributed by atoms with Crippen LogP contribution in [0.25, 0.3) is 0 Å². The van der Waals surface area contributed by atoms with E-state index in [0.717, 1.165) is 6.42 Å². The van der Waals surface area contributed by atoms with Crippen molar-refractivity contribution in [3.8, 4) is 0 Å². The minimum atomic E-state index is -0.212. The highest BCUT2D eigenvalue weighted by molar-refractivity contribution is 6.30. The Morgan fingerprint density at radius 2 is 2.15 bits per heavy atom. The highest BCUT2D eigenvalue weighted by Gasteiger charge is 2.15. The average Bonchev–Trinajstić information content (AvgIpc) is 2.40. The van der Waals surface area contributed by atoms with Gasteiger partial charge in [-0.25, -0.2) is 0 Å². The van der Waals surface area contributed by atoms with Gasteiger partial charge in [-0.1, -0.05) is 17.7 Å². The summed E-state index contributed by atoms with van der Waals surface area (Å²) in [6.45, 7) is 2.50. The molecule has 20 heavy (non-hydrogen) atoms. The van der Waals surface area contributed by atoms with Gasteiger partial charge in [0.25, 0.3) is 0 Å². The second kappa shape index (κ2) is 8.55. The molecule has 0 aliphatic rings. The van der Waals surface area contributed by atoms with Crippen molar-refractivity contribution in [1.29, 1.82) is 0 Å². The second-order valence-electron chi connectivity index (χ2n) is 4.28. The van der Waals surface area contributed by atoms with Crippen LogP contribution in [0.3, 0.4) is 0 Å². The molecule has 0 heterocycles. The number of carbonyl (C=O) groups excluding carboxylic acids is 2. The Hall–Kier alpha value is -1.59. The van der Waals surface area contributed by atoms with Gasteiger partial charge in [-0.2, -0.15) is 0 Å². The molecular formula is C14H19ClN2O3. The smallest absolute Gasteiger partial charge is 0.240 e. The van der Waals surface area contributed by atoms with E-state index < -0.39 is 0 Å². The van der Waals surface area contributed by atoms with Gasteiger partial charge in [0.1, 0.15) is 6.54 Å². The van der Waals surface area contributed by atoms with Crippen molar-refractivity contribution < 1.29 is 14.3 Å². The van der Waals surface area contributed by atoms with Crippen molar-refractivity contribution in [1.82, 2.24) is 5.32 Å². The normalized spacial score (nSPS) is 10.2. The van der Waals surface area contributed by atoms with Crippen LogP contribution in [0.15, 0.2) is 24.3 Å². The van der Waals surface area contributed by atoms with Gasteiger partial charge in [0.15, 0.2) is 0 Å². The first-order valence-corrected chi connectivity index (χ1v) is 6.71. The van der Waals surface area contributed by atoms with Gasteiger partial charge in [-0.05, 0) is 24.6 Å². The van der Waals surface area contributed by atoms with Crippen LogP contribution < -0.4 is 10.2 Å². The number of anilines is 1. The molecule has 1 aromatic carbocycles. The molecular weight excluding hydrogens is 280 g/mol. The molecule has 0 aliphatic heterocycles. The minimum absolute atomic E-state index is 0.0251. The number of ether oxygens (including phenoxy) is 1. The molecule has 0 fully saturated rings. The topological polar surface area (TPSA) is 58.6 Å². The van der Waals surface area contributed by atoms with E-state index in [-0.39, 0.29) is 18.4 Å². The maximum atomic E-state index is 11.8. The van der Waals surface area contributed by atoms with E-state index in [1.165, 1.54) is 11.8 Å². The predicted molar refractivity (Wildman–Crippen MR) is 79.0 cm³/mol. The Labute approximate surface area is 123 Å². The first-order valence-electron chi connectivity index (χ1n) is 6.34. The fourth-order valence-corrected chi connectivity index (χ4v) is 1.86. The molecule has 110 valence electrons. The number of carbonyl (C=O) groups is 2. The Morgan fingerprint density at radius 1 is 1.40 bits per heavy atom. The van der Waals surface area contributed by atoms with Crippen molar-refractivity contribution in [2.24, 2.45) is 0 Å². The molecule has 0 spiro atoms. The highest BCUT2D eigenvalue weighted by atomic mass is 35.5. The zero-order valence-corrected chi connectivity index (χ0v) is 12.4. The zero-order chi connectivity index (χ0) is 15.0. The molecule has 1 rings (SSSR count). The van der Waals surface area contributed by atoms with Gasteiger partial charge in [0.2, 0.25) is 11.8 Å². The molecule has 0 aromatic heterocycles. The highest BCUT2D eigenvalue weighted by Crippen LogP contribution is 2.19. The second-order valence-corrected chi connectivity index (χ2v) is 4.72. The number of halogens is 1. The number of benzene rings is 1. The summed E-state index contributed by atoms with van der Waals surface area (Å²) in [6.07, 6.45) is 0.736. The molecule has 0 unspecified atom stereocenters. The maximum Gasteiger partial charge on any atom is 0.240 e. The van der Waals surface area contributed by atoms with Crippen LogP contribution in [-0.4, -0.2) is 38.6 Å². The van der Waals surface area contributed by atoms with E-state index >= 15 is 0 Å². The molecule has 0 saturated carbocycles. The Kier molecular flexibility index (Phi) is 7.04. The van der Waals surface area contributed by atoms with E-state index in [1.807, 2.05) is 0 Å². The Balaban J connectivity index is 2.59. The summed E-state index contributed by atoms with van der Waals surface area (Å²) >= 11 is 5.90.